The summed E-state index contributed by atoms with van der Waals surface area (Å²) in [5.41, 5.74) is 4.49. The summed E-state index contributed by atoms with van der Waals surface area (Å²) in [5, 5.41) is 16.5. The highest BCUT2D eigenvalue weighted by Gasteiger charge is 2.07. The molecule has 0 amide bonds. The Morgan fingerprint density at radius 3 is 2.78 bits per heavy atom. The van der Waals surface area contributed by atoms with Gasteiger partial charge in [0.25, 0.3) is 0 Å². The largest absolute Gasteiger partial charge is 0.493 e. The first kappa shape index (κ1) is 20.2. The Kier molecular flexibility index (Phi) is 7.57. The molecule has 7 nitrogen and oxygen atoms in total. The maximum atomic E-state index is 11.0. The van der Waals surface area contributed by atoms with Crippen LogP contribution in [0.5, 0.6) is 11.5 Å². The van der Waals surface area contributed by atoms with E-state index in [2.05, 4.69) is 15.8 Å². The predicted octanol–water partition coefficient (Wildman–Crippen LogP) is 2.79. The number of hydrogen-bond donors (Lipinski definition) is 3. The van der Waals surface area contributed by atoms with Crippen LogP contribution in [-0.2, 0) is 6.61 Å². The molecule has 0 aliphatic rings. The van der Waals surface area contributed by atoms with Crippen LogP contribution in [0.2, 0.25) is 0 Å². The summed E-state index contributed by atoms with van der Waals surface area (Å²) in [7, 11) is 1.55. The monoisotopic (exact) mass is 387 g/mol. The number of rotatable bonds is 8. The number of carboxylic acid groups (broad SMARTS) is 1. The number of ether oxygens (including phenoxy) is 2. The summed E-state index contributed by atoms with van der Waals surface area (Å²) >= 11 is 5.03. The van der Waals surface area contributed by atoms with Crippen molar-refractivity contribution in [2.24, 2.45) is 5.10 Å². The number of nitrogens with one attached hydrogen (secondary N) is 2. The highest BCUT2D eigenvalue weighted by atomic mass is 32.1. The van der Waals surface area contributed by atoms with Gasteiger partial charge in [0.05, 0.1) is 18.9 Å². The molecule has 142 valence electrons. The number of carbonyl (C=O) groups is 1. The number of hydrazone groups is 1. The lowest BCUT2D eigenvalue weighted by Gasteiger charge is -2.11. The zero-order valence-corrected chi connectivity index (χ0v) is 15.9. The van der Waals surface area contributed by atoms with Crippen LogP contribution in [0.4, 0.5) is 0 Å². The first-order chi connectivity index (χ1) is 13.0. The standard InChI is InChI=1S/C19H21N3O4S/c1-3-20-19(27)22-21-11-13-7-8-16(17(10-13)25-2)26-12-14-5-4-6-15(9-14)18(23)24/h4-11H,3,12H2,1-2H3,(H,23,24)(H2,20,22,27)/b21-11-. The van der Waals surface area contributed by atoms with Crippen LogP contribution in [0.15, 0.2) is 47.6 Å². The summed E-state index contributed by atoms with van der Waals surface area (Å²) in [5.74, 6) is 0.120. The van der Waals surface area contributed by atoms with Gasteiger partial charge in [-0.3, -0.25) is 5.43 Å². The third kappa shape index (κ3) is 6.27. The average molecular weight is 387 g/mol. The molecular weight excluding hydrogens is 366 g/mol. The molecule has 0 spiro atoms. The van der Waals surface area contributed by atoms with Gasteiger partial charge in [-0.1, -0.05) is 12.1 Å². The molecule has 0 bridgehead atoms. The summed E-state index contributed by atoms with van der Waals surface area (Å²) in [4.78, 5) is 11.0. The van der Waals surface area contributed by atoms with Crippen molar-refractivity contribution in [2.75, 3.05) is 13.7 Å². The SMILES string of the molecule is CCNC(=S)N/N=C\c1ccc(OCc2cccc(C(=O)O)c2)c(OC)c1. The second-order valence-corrected chi connectivity index (χ2v) is 5.84. The van der Waals surface area contributed by atoms with Gasteiger partial charge in [-0.15, -0.1) is 0 Å². The summed E-state index contributed by atoms with van der Waals surface area (Å²) < 4.78 is 11.1. The number of methoxy groups -OCH3 is 1. The second kappa shape index (κ2) is 10.1. The van der Waals surface area contributed by atoms with Crippen LogP contribution >= 0.6 is 12.2 Å². The Hall–Kier alpha value is -3.13. The van der Waals surface area contributed by atoms with Crippen molar-refractivity contribution in [1.82, 2.24) is 10.7 Å². The Balaban J connectivity index is 2.03. The zero-order chi connectivity index (χ0) is 19.6. The van der Waals surface area contributed by atoms with Crippen molar-refractivity contribution in [3.8, 4) is 11.5 Å². The molecule has 0 saturated carbocycles. The van der Waals surface area contributed by atoms with Gasteiger partial charge in [-0.25, -0.2) is 4.79 Å². The van der Waals surface area contributed by atoms with Crippen LogP contribution in [0.3, 0.4) is 0 Å². The number of thiocarbonyl (C=S) groups is 1. The molecule has 2 aromatic carbocycles. The van der Waals surface area contributed by atoms with Gasteiger partial charge in [0.2, 0.25) is 0 Å². The Labute approximate surface area is 163 Å². The van der Waals surface area contributed by atoms with E-state index in [1.165, 1.54) is 6.07 Å². The first-order valence-corrected chi connectivity index (χ1v) is 8.64. The number of hydrogen-bond acceptors (Lipinski definition) is 5. The molecule has 2 aromatic rings. The maximum absolute atomic E-state index is 11.0. The summed E-state index contributed by atoms with van der Waals surface area (Å²) in [6.07, 6.45) is 1.62. The van der Waals surface area contributed by atoms with Gasteiger partial charge >= 0.3 is 5.97 Å². The minimum atomic E-state index is -0.972. The number of carboxylic acids is 1. The molecule has 3 N–H and O–H groups in total. The maximum Gasteiger partial charge on any atom is 0.335 e. The van der Waals surface area contributed by atoms with Gasteiger partial charge in [0.1, 0.15) is 6.61 Å². The topological polar surface area (TPSA) is 92.2 Å². The van der Waals surface area contributed by atoms with Crippen LogP contribution in [0.25, 0.3) is 0 Å². The molecule has 27 heavy (non-hydrogen) atoms. The fourth-order valence-electron chi connectivity index (χ4n) is 2.20. The highest BCUT2D eigenvalue weighted by Crippen LogP contribution is 2.28. The van der Waals surface area contributed by atoms with E-state index in [0.29, 0.717) is 16.6 Å². The molecule has 0 heterocycles. The minimum absolute atomic E-state index is 0.220. The average Bonchev–Trinajstić information content (AvgIpc) is 2.67. The van der Waals surface area contributed by atoms with E-state index in [1.807, 2.05) is 13.0 Å². The molecule has 0 atom stereocenters. The molecule has 0 saturated heterocycles. The van der Waals surface area contributed by atoms with Crippen molar-refractivity contribution in [1.29, 1.82) is 0 Å². The van der Waals surface area contributed by atoms with E-state index >= 15 is 0 Å². The van der Waals surface area contributed by atoms with Crippen molar-refractivity contribution in [3.05, 3.63) is 59.2 Å². The van der Waals surface area contributed by atoms with E-state index in [9.17, 15) is 4.79 Å². The van der Waals surface area contributed by atoms with Gasteiger partial charge < -0.3 is 19.9 Å². The number of nitrogens with zero attached hydrogens (tertiary/aromatic N) is 1. The smallest absolute Gasteiger partial charge is 0.335 e. The second-order valence-electron chi connectivity index (χ2n) is 5.43. The zero-order valence-electron chi connectivity index (χ0n) is 15.1. The van der Waals surface area contributed by atoms with Crippen LogP contribution < -0.4 is 20.2 Å². The number of aromatic carboxylic acids is 1. The van der Waals surface area contributed by atoms with Crippen molar-refractivity contribution in [3.63, 3.8) is 0 Å². The molecule has 0 aromatic heterocycles. The fraction of sp³-hybridized carbons (Fsp3) is 0.211. The molecule has 8 heteroatoms. The fourth-order valence-corrected chi connectivity index (χ4v) is 2.40. The molecule has 0 aliphatic heterocycles. The van der Waals surface area contributed by atoms with E-state index in [1.54, 1.807) is 43.7 Å². The predicted molar refractivity (Wildman–Crippen MR) is 108 cm³/mol. The summed E-state index contributed by atoms with van der Waals surface area (Å²) in [6, 6.07) is 12.0. The van der Waals surface area contributed by atoms with Crippen LogP contribution in [-0.4, -0.2) is 36.1 Å². The molecular formula is C19H21N3O4S. The Morgan fingerprint density at radius 1 is 1.26 bits per heavy atom. The lowest BCUT2D eigenvalue weighted by atomic mass is 10.1. The summed E-state index contributed by atoms with van der Waals surface area (Å²) in [6.45, 7) is 2.89. The molecule has 2 rings (SSSR count). The van der Waals surface area contributed by atoms with Gasteiger partial charge in [-0.2, -0.15) is 5.10 Å². The van der Waals surface area contributed by atoms with Crippen molar-refractivity contribution >= 4 is 29.5 Å². The third-order valence-electron chi connectivity index (χ3n) is 3.47. The number of benzene rings is 2. The van der Waals surface area contributed by atoms with E-state index in [0.717, 1.165) is 17.7 Å². The normalized spacial score (nSPS) is 10.4. The van der Waals surface area contributed by atoms with Gasteiger partial charge in [0, 0.05) is 6.54 Å². The first-order valence-electron chi connectivity index (χ1n) is 8.23. The molecule has 0 radical (unpaired) electrons. The van der Waals surface area contributed by atoms with Crippen molar-refractivity contribution in [2.45, 2.75) is 13.5 Å². The molecule has 0 fully saturated rings. The van der Waals surface area contributed by atoms with Gasteiger partial charge in [0.15, 0.2) is 16.6 Å². The Bertz CT molecular complexity index is 839. The minimum Gasteiger partial charge on any atom is -0.493 e. The Morgan fingerprint density at radius 2 is 2.07 bits per heavy atom. The third-order valence-corrected chi connectivity index (χ3v) is 3.71. The molecule has 0 unspecified atom stereocenters. The van der Waals surface area contributed by atoms with Crippen LogP contribution in [0.1, 0.15) is 28.4 Å². The quantitative estimate of drug-likeness (QED) is 0.364. The van der Waals surface area contributed by atoms with E-state index in [-0.39, 0.29) is 12.2 Å². The van der Waals surface area contributed by atoms with E-state index in [4.69, 9.17) is 26.8 Å². The van der Waals surface area contributed by atoms with Crippen molar-refractivity contribution < 1.29 is 19.4 Å². The highest BCUT2D eigenvalue weighted by molar-refractivity contribution is 7.80. The lowest BCUT2D eigenvalue weighted by molar-refractivity contribution is 0.0696. The van der Waals surface area contributed by atoms with Gasteiger partial charge in [-0.05, 0) is 60.6 Å². The molecule has 0 aliphatic carbocycles. The lowest BCUT2D eigenvalue weighted by Crippen LogP contribution is -2.31. The van der Waals surface area contributed by atoms with Crippen LogP contribution in [0, 0.1) is 0 Å². The van der Waals surface area contributed by atoms with E-state index < -0.39 is 5.97 Å².